The Hall–Kier alpha value is -2.46. The normalized spacial score (nSPS) is 14.1. The smallest absolute Gasteiger partial charge is 0.462 e. The van der Waals surface area contributed by atoms with Crippen LogP contribution in [0.25, 0.3) is 0 Å². The summed E-state index contributed by atoms with van der Waals surface area (Å²) in [5.41, 5.74) is 0. The lowest BCUT2D eigenvalue weighted by atomic mass is 10.0. The van der Waals surface area contributed by atoms with Crippen LogP contribution in [0, 0.1) is 11.8 Å². The Morgan fingerprint density at radius 2 is 0.551 bits per heavy atom. The third kappa shape index (κ3) is 71.9. The first-order chi connectivity index (χ1) is 47.4. The summed E-state index contributed by atoms with van der Waals surface area (Å²) in [6, 6.07) is 0. The van der Waals surface area contributed by atoms with Gasteiger partial charge in [-0.05, 0) is 63.2 Å². The van der Waals surface area contributed by atoms with E-state index in [1.54, 1.807) is 0 Å². The molecule has 0 aliphatic carbocycles. The fourth-order valence-electron chi connectivity index (χ4n) is 11.6. The van der Waals surface area contributed by atoms with Crippen LogP contribution in [0.2, 0.25) is 0 Å². The molecule has 5 atom stereocenters. The van der Waals surface area contributed by atoms with E-state index < -0.39 is 97.5 Å². The van der Waals surface area contributed by atoms with Crippen molar-refractivity contribution >= 4 is 39.5 Å². The summed E-state index contributed by atoms with van der Waals surface area (Å²) >= 11 is 0. The van der Waals surface area contributed by atoms with Gasteiger partial charge in [0.15, 0.2) is 12.2 Å². The molecule has 0 amide bonds. The third-order valence-electron chi connectivity index (χ3n) is 17.8. The van der Waals surface area contributed by atoms with Gasteiger partial charge in [-0.25, -0.2) is 9.13 Å². The molecule has 0 spiro atoms. The Bertz CT molecular complexity index is 1980. The maximum Gasteiger partial charge on any atom is 0.472 e. The number of aliphatic hydroxyl groups excluding tert-OH is 1. The average Bonchev–Trinajstić information content (AvgIpc) is 0.968. The van der Waals surface area contributed by atoms with Gasteiger partial charge in [-0.1, -0.05) is 336 Å². The zero-order valence-corrected chi connectivity index (χ0v) is 65.4. The lowest BCUT2D eigenvalue weighted by Crippen LogP contribution is -2.30. The molecule has 0 aliphatic heterocycles. The molecule has 0 radical (unpaired) electrons. The fraction of sp³-hybridized carbons (Fsp3) is 0.899. The van der Waals surface area contributed by atoms with Crippen molar-refractivity contribution in [2.24, 2.45) is 11.8 Å². The van der Waals surface area contributed by atoms with Crippen molar-refractivity contribution in [3.8, 4) is 0 Å². The van der Waals surface area contributed by atoms with Gasteiger partial charge in [-0.15, -0.1) is 0 Å². The molecule has 0 rings (SSSR count). The third-order valence-corrected chi connectivity index (χ3v) is 19.7. The van der Waals surface area contributed by atoms with Gasteiger partial charge < -0.3 is 33.8 Å². The highest BCUT2D eigenvalue weighted by Gasteiger charge is 2.30. The zero-order chi connectivity index (χ0) is 72.1. The molecule has 0 saturated heterocycles. The van der Waals surface area contributed by atoms with Crippen LogP contribution in [-0.4, -0.2) is 96.7 Å². The van der Waals surface area contributed by atoms with E-state index in [2.05, 4.69) is 65.8 Å². The van der Waals surface area contributed by atoms with Gasteiger partial charge in [-0.3, -0.25) is 37.3 Å². The number of phosphoric ester groups is 2. The molecule has 0 aliphatic rings. The van der Waals surface area contributed by atoms with E-state index in [1.165, 1.54) is 180 Å². The van der Waals surface area contributed by atoms with Crippen molar-refractivity contribution in [1.82, 2.24) is 0 Å². The summed E-state index contributed by atoms with van der Waals surface area (Å²) in [5.74, 6) is -0.735. The Balaban J connectivity index is 5.22. The lowest BCUT2D eigenvalue weighted by Gasteiger charge is -2.21. The molecule has 0 heterocycles. The average molecular weight is 1430 g/mol. The molecule has 578 valence electrons. The van der Waals surface area contributed by atoms with Crippen LogP contribution in [0.3, 0.4) is 0 Å². The van der Waals surface area contributed by atoms with Crippen molar-refractivity contribution in [1.29, 1.82) is 0 Å². The van der Waals surface area contributed by atoms with Gasteiger partial charge in [0.1, 0.15) is 19.3 Å². The summed E-state index contributed by atoms with van der Waals surface area (Å²) in [6.07, 6.45) is 62.3. The number of aliphatic hydroxyl groups is 1. The van der Waals surface area contributed by atoms with Crippen LogP contribution < -0.4 is 0 Å². The highest BCUT2D eigenvalue weighted by molar-refractivity contribution is 7.47. The topological polar surface area (TPSA) is 237 Å². The molecule has 98 heavy (non-hydrogen) atoms. The van der Waals surface area contributed by atoms with Crippen molar-refractivity contribution in [2.45, 2.75) is 407 Å². The molecule has 3 N–H and O–H groups in total. The van der Waals surface area contributed by atoms with Crippen LogP contribution in [0.5, 0.6) is 0 Å². The Labute approximate surface area is 599 Å². The molecule has 0 fully saturated rings. The van der Waals surface area contributed by atoms with E-state index in [1.807, 2.05) is 0 Å². The number of rotatable bonds is 76. The van der Waals surface area contributed by atoms with Crippen molar-refractivity contribution in [3.63, 3.8) is 0 Å². The molecule has 17 nitrogen and oxygen atoms in total. The van der Waals surface area contributed by atoms with Crippen molar-refractivity contribution in [3.05, 3.63) is 24.3 Å². The number of ether oxygens (including phenoxy) is 4. The lowest BCUT2D eigenvalue weighted by molar-refractivity contribution is -0.161. The minimum Gasteiger partial charge on any atom is -0.462 e. The number of hydrogen-bond donors (Lipinski definition) is 3. The van der Waals surface area contributed by atoms with E-state index in [-0.39, 0.29) is 25.7 Å². The highest BCUT2D eigenvalue weighted by atomic mass is 31.2. The molecule has 0 aromatic rings. The zero-order valence-electron chi connectivity index (χ0n) is 63.6. The van der Waals surface area contributed by atoms with Gasteiger partial charge in [0.2, 0.25) is 0 Å². The van der Waals surface area contributed by atoms with Crippen molar-refractivity contribution in [2.75, 3.05) is 39.6 Å². The van der Waals surface area contributed by atoms with E-state index in [0.29, 0.717) is 31.6 Å². The molecule has 0 saturated carbocycles. The van der Waals surface area contributed by atoms with Gasteiger partial charge in [-0.2, -0.15) is 0 Å². The van der Waals surface area contributed by atoms with Crippen LogP contribution in [0.4, 0.5) is 0 Å². The second kappa shape index (κ2) is 70.2. The first kappa shape index (κ1) is 95.5. The largest absolute Gasteiger partial charge is 0.472 e. The molecule has 0 bridgehead atoms. The fourth-order valence-corrected chi connectivity index (χ4v) is 13.2. The standard InChI is InChI=1S/C79H150O17P2/c1-7-9-11-13-15-17-19-21-23-24-25-26-27-28-29-31-33-35-39-43-51-57-63-78(83)95-74(67-89-76(81)61-55-49-42-38-34-32-30-22-20-18-16-14-12-10-8-2)69-93-97(85,86)91-65-73(80)66-92-98(87,88)94-70-75(68-90-77(82)62-56-50-46-45-48-54-60-72(5)6)96-79(84)64-58-52-44-40-36-37-41-47-53-59-71(3)4/h18,20,22,30,71-75,80H,7-17,19,21,23-29,31-70H2,1-6H3,(H,85,86)(H,87,88)/b20-18-,30-22-/t73-,74-,75-/m1/s1. The van der Waals surface area contributed by atoms with Gasteiger partial charge >= 0.3 is 39.5 Å². The number of allylic oxidation sites excluding steroid dienone is 4. The monoisotopic (exact) mass is 1430 g/mol. The number of carbonyl (C=O) groups is 4. The first-order valence-electron chi connectivity index (χ1n) is 40.3. The van der Waals surface area contributed by atoms with Crippen LogP contribution in [0.15, 0.2) is 24.3 Å². The maximum atomic E-state index is 13.1. The minimum absolute atomic E-state index is 0.102. The summed E-state index contributed by atoms with van der Waals surface area (Å²) < 4.78 is 68.5. The molecular weight excluding hydrogens is 1280 g/mol. The molecule has 19 heteroatoms. The van der Waals surface area contributed by atoms with Gasteiger partial charge in [0.25, 0.3) is 0 Å². The van der Waals surface area contributed by atoms with Crippen LogP contribution in [-0.2, 0) is 65.4 Å². The highest BCUT2D eigenvalue weighted by Crippen LogP contribution is 2.45. The Morgan fingerprint density at radius 1 is 0.316 bits per heavy atom. The van der Waals surface area contributed by atoms with Crippen molar-refractivity contribution < 1.29 is 80.2 Å². The quantitative estimate of drug-likeness (QED) is 0.0169. The van der Waals surface area contributed by atoms with Gasteiger partial charge in [0, 0.05) is 25.7 Å². The number of phosphoric acid groups is 2. The number of unbranched alkanes of at least 4 members (excludes halogenated alkanes) is 43. The predicted octanol–water partition coefficient (Wildman–Crippen LogP) is 23.1. The van der Waals surface area contributed by atoms with Gasteiger partial charge in [0.05, 0.1) is 26.4 Å². The molecule has 0 aromatic carbocycles. The van der Waals surface area contributed by atoms with E-state index in [4.69, 9.17) is 37.0 Å². The number of carbonyl (C=O) groups excluding carboxylic acids is 4. The SMILES string of the molecule is CCCCCC/C=C\C=C/CCCCCCCC(=O)OC[C@H](COP(=O)(O)OC[C@@H](O)COP(=O)(O)OC[C@@H](COC(=O)CCCCCCCCC(C)C)OC(=O)CCCCCCCCCCCC(C)C)OC(=O)CCCCCCCCCCCCCCCCCCCCCCCC. The minimum atomic E-state index is -4.97. The Kier molecular flexibility index (Phi) is 68.5. The summed E-state index contributed by atoms with van der Waals surface area (Å²) in [7, 11) is -9.92. The number of esters is 4. The van der Waals surface area contributed by atoms with E-state index >= 15 is 0 Å². The van der Waals surface area contributed by atoms with Crippen LogP contribution in [0.1, 0.15) is 388 Å². The second-order valence-corrected chi connectivity index (χ2v) is 31.6. The van der Waals surface area contributed by atoms with E-state index in [0.717, 1.165) is 121 Å². The molecule has 0 aromatic heterocycles. The molecular formula is C79H150O17P2. The van der Waals surface area contributed by atoms with Crippen LogP contribution >= 0.6 is 15.6 Å². The Morgan fingerprint density at radius 3 is 0.837 bits per heavy atom. The molecule has 2 unspecified atom stereocenters. The summed E-state index contributed by atoms with van der Waals surface area (Å²) in [5, 5.41) is 10.6. The summed E-state index contributed by atoms with van der Waals surface area (Å²) in [6.45, 7) is 9.43. The first-order valence-corrected chi connectivity index (χ1v) is 43.3. The predicted molar refractivity (Wildman–Crippen MR) is 400 cm³/mol. The summed E-state index contributed by atoms with van der Waals surface area (Å²) in [4.78, 5) is 72.8. The second-order valence-electron chi connectivity index (χ2n) is 28.7. The number of hydrogen-bond acceptors (Lipinski definition) is 15. The van der Waals surface area contributed by atoms with E-state index in [9.17, 15) is 43.2 Å². The maximum absolute atomic E-state index is 13.1.